The molecule has 0 rings (SSSR count). The zero-order chi connectivity index (χ0) is 6.62. The van der Waals surface area contributed by atoms with Gasteiger partial charge in [-0.1, -0.05) is 13.3 Å². The summed E-state index contributed by atoms with van der Waals surface area (Å²) < 4.78 is 28.0. The first kappa shape index (κ1) is 13.5. The van der Waals surface area contributed by atoms with Crippen molar-refractivity contribution in [3.63, 3.8) is 0 Å². The quantitative estimate of drug-likeness (QED) is 0.593. The molecule has 0 bridgehead atoms. The Kier molecular flexibility index (Phi) is 10.0. The van der Waals surface area contributed by atoms with E-state index >= 15 is 0 Å². The molecular weight excluding hydrogens is 261 g/mol. The van der Waals surface area contributed by atoms with Crippen LogP contribution in [0.25, 0.3) is 0 Å². The summed E-state index contributed by atoms with van der Waals surface area (Å²) in [6.07, 6.45) is 1.33. The fourth-order valence-corrected chi connectivity index (χ4v) is 0.980. The van der Waals surface area contributed by atoms with E-state index in [4.69, 9.17) is 4.55 Å². The van der Waals surface area contributed by atoms with Crippen molar-refractivity contribution >= 4 is 10.1 Å². The van der Waals surface area contributed by atoms with Gasteiger partial charge in [0.05, 0.1) is 5.75 Å². The van der Waals surface area contributed by atoms with Crippen LogP contribution in [0, 0.1) is 0 Å². The van der Waals surface area contributed by atoms with Crippen LogP contribution in [0.5, 0.6) is 0 Å². The van der Waals surface area contributed by atoms with Gasteiger partial charge in [0.15, 0.2) is 0 Å². The molecular formula is C4H11CsO3S. The van der Waals surface area contributed by atoms with Crippen LogP contribution >= 0.6 is 0 Å². The molecule has 9 heavy (non-hydrogen) atoms. The molecule has 0 heterocycles. The summed E-state index contributed by atoms with van der Waals surface area (Å²) >= 11 is 0. The van der Waals surface area contributed by atoms with E-state index in [0.717, 1.165) is 6.42 Å². The molecule has 0 unspecified atom stereocenters. The molecule has 0 radical (unpaired) electrons. The maximum absolute atomic E-state index is 9.95. The van der Waals surface area contributed by atoms with Crippen LogP contribution in [0.15, 0.2) is 0 Å². The maximum Gasteiger partial charge on any atom is 1.00 e. The molecule has 0 spiro atoms. The number of unbranched alkanes of at least 4 members (excludes halogenated alkanes) is 1. The predicted octanol–water partition coefficient (Wildman–Crippen LogP) is -2.21. The summed E-state index contributed by atoms with van der Waals surface area (Å²) in [4.78, 5) is 0. The second kappa shape index (κ2) is 6.66. The molecule has 0 aliphatic heterocycles. The molecule has 0 aliphatic rings. The van der Waals surface area contributed by atoms with Crippen molar-refractivity contribution in [1.82, 2.24) is 0 Å². The van der Waals surface area contributed by atoms with Crippen LogP contribution in [0.3, 0.4) is 0 Å². The Balaban J connectivity index is -0.000000245. The average Bonchev–Trinajstić information content (AvgIpc) is 1.59. The Morgan fingerprint density at radius 1 is 1.56 bits per heavy atom. The van der Waals surface area contributed by atoms with Crippen molar-refractivity contribution in [2.24, 2.45) is 0 Å². The average molecular weight is 272 g/mol. The predicted molar refractivity (Wildman–Crippen MR) is 32.4 cm³/mol. The fraction of sp³-hybridized carbons (Fsp3) is 1.00. The zero-order valence-electron chi connectivity index (χ0n) is 6.79. The van der Waals surface area contributed by atoms with Gasteiger partial charge in [0.25, 0.3) is 10.1 Å². The van der Waals surface area contributed by atoms with Gasteiger partial charge in [-0.15, -0.1) is 0 Å². The van der Waals surface area contributed by atoms with Crippen LogP contribution in [-0.2, 0) is 10.1 Å². The van der Waals surface area contributed by atoms with Crippen molar-refractivity contribution in [2.45, 2.75) is 19.8 Å². The number of hydrogen-bond acceptors (Lipinski definition) is 2. The van der Waals surface area contributed by atoms with Crippen LogP contribution in [0.1, 0.15) is 21.2 Å². The molecule has 0 aromatic heterocycles. The molecule has 5 heteroatoms. The van der Waals surface area contributed by atoms with Crippen LogP contribution in [-0.4, -0.2) is 18.7 Å². The molecule has 0 aliphatic carbocycles. The second-order valence-corrected chi connectivity index (χ2v) is 3.21. The van der Waals surface area contributed by atoms with Crippen molar-refractivity contribution in [1.29, 1.82) is 0 Å². The van der Waals surface area contributed by atoms with Gasteiger partial charge in [-0.05, 0) is 6.42 Å². The second-order valence-electron chi connectivity index (χ2n) is 1.64. The van der Waals surface area contributed by atoms with Gasteiger partial charge in [0, 0.05) is 0 Å². The third-order valence-corrected chi connectivity index (χ3v) is 1.56. The van der Waals surface area contributed by atoms with E-state index in [-0.39, 0.29) is 76.1 Å². The zero-order valence-corrected chi connectivity index (χ0v) is 12.9. The standard InChI is InChI=1S/C4H10O3S.Cs.H/c1-2-3-4-8(5,6)7;;/h2-4H2,1H3,(H,5,6,7);;/q;+1;-1. The molecule has 0 atom stereocenters. The molecule has 1 N–H and O–H groups in total. The Hall–Kier alpha value is 1.96. The Morgan fingerprint density at radius 2 is 2.00 bits per heavy atom. The van der Waals surface area contributed by atoms with Gasteiger partial charge in [-0.2, -0.15) is 8.42 Å². The van der Waals surface area contributed by atoms with Crippen molar-refractivity contribution in [2.75, 3.05) is 5.75 Å². The Bertz CT molecular complexity index is 145. The van der Waals surface area contributed by atoms with Gasteiger partial charge in [-0.3, -0.25) is 4.55 Å². The van der Waals surface area contributed by atoms with Crippen molar-refractivity contribution < 1.29 is 83.3 Å². The normalized spacial score (nSPS) is 10.4. The molecule has 0 saturated carbocycles. The minimum atomic E-state index is -3.69. The summed E-state index contributed by atoms with van der Waals surface area (Å²) in [6.45, 7) is 1.87. The molecule has 52 valence electrons. The molecule has 0 fully saturated rings. The minimum absolute atomic E-state index is 0. The third-order valence-electron chi connectivity index (χ3n) is 0.756. The monoisotopic (exact) mass is 272 g/mol. The SMILES string of the molecule is CCCCS(=O)(=O)O.[Cs+].[H-]. The minimum Gasteiger partial charge on any atom is -1.00 e. The van der Waals surface area contributed by atoms with Gasteiger partial charge >= 0.3 is 68.9 Å². The van der Waals surface area contributed by atoms with Gasteiger partial charge in [-0.25, -0.2) is 0 Å². The van der Waals surface area contributed by atoms with E-state index < -0.39 is 10.1 Å². The van der Waals surface area contributed by atoms with E-state index in [1.54, 1.807) is 0 Å². The van der Waals surface area contributed by atoms with Crippen molar-refractivity contribution in [3.8, 4) is 0 Å². The summed E-state index contributed by atoms with van der Waals surface area (Å²) in [5.74, 6) is -0.108. The summed E-state index contributed by atoms with van der Waals surface area (Å²) in [7, 11) is -3.69. The van der Waals surface area contributed by atoms with Crippen molar-refractivity contribution in [3.05, 3.63) is 0 Å². The molecule has 0 amide bonds. The van der Waals surface area contributed by atoms with Crippen LogP contribution in [0.4, 0.5) is 0 Å². The maximum atomic E-state index is 9.95. The van der Waals surface area contributed by atoms with Gasteiger partial charge in [0.1, 0.15) is 0 Å². The third kappa shape index (κ3) is 13.0. The first-order valence-electron chi connectivity index (χ1n) is 2.51. The molecule has 0 saturated heterocycles. The Morgan fingerprint density at radius 3 is 2.11 bits per heavy atom. The molecule has 0 aromatic rings. The summed E-state index contributed by atoms with van der Waals surface area (Å²) in [5.41, 5.74) is 0. The van der Waals surface area contributed by atoms with E-state index in [2.05, 4.69) is 0 Å². The Labute approximate surface area is 116 Å². The topological polar surface area (TPSA) is 54.4 Å². The fourth-order valence-electron chi connectivity index (χ4n) is 0.327. The molecule has 0 aromatic carbocycles. The first-order valence-corrected chi connectivity index (χ1v) is 4.12. The first-order chi connectivity index (χ1) is 3.56. The molecule has 3 nitrogen and oxygen atoms in total. The van der Waals surface area contributed by atoms with Crippen LogP contribution < -0.4 is 68.9 Å². The van der Waals surface area contributed by atoms with E-state index in [1.807, 2.05) is 6.92 Å². The summed E-state index contributed by atoms with van der Waals surface area (Å²) in [6, 6.07) is 0. The smallest absolute Gasteiger partial charge is 1.00 e. The van der Waals surface area contributed by atoms with Gasteiger partial charge < -0.3 is 1.43 Å². The van der Waals surface area contributed by atoms with E-state index in [1.165, 1.54) is 0 Å². The van der Waals surface area contributed by atoms with E-state index in [0.29, 0.717) is 6.42 Å². The number of rotatable bonds is 3. The number of hydrogen-bond donors (Lipinski definition) is 1. The van der Waals surface area contributed by atoms with Gasteiger partial charge in [0.2, 0.25) is 0 Å². The van der Waals surface area contributed by atoms with E-state index in [9.17, 15) is 8.42 Å². The van der Waals surface area contributed by atoms with Crippen LogP contribution in [0.2, 0.25) is 0 Å². The summed E-state index contributed by atoms with van der Waals surface area (Å²) in [5, 5.41) is 0. The largest absolute Gasteiger partial charge is 1.00 e.